The largest absolute Gasteiger partial charge is 0.358 e. The molecule has 1 aromatic rings. The molecule has 1 rings (SSSR count). The Kier molecular flexibility index (Phi) is 4.45. The van der Waals surface area contributed by atoms with Crippen LogP contribution in [0.5, 0.6) is 0 Å². The summed E-state index contributed by atoms with van der Waals surface area (Å²) in [4.78, 5) is 4.23. The fourth-order valence-corrected chi connectivity index (χ4v) is 1.96. The van der Waals surface area contributed by atoms with Gasteiger partial charge in [-0.25, -0.2) is 4.98 Å². The van der Waals surface area contributed by atoms with Crippen molar-refractivity contribution in [2.24, 2.45) is 0 Å². The lowest BCUT2D eigenvalue weighted by Crippen LogP contribution is -2.18. The molecule has 0 saturated heterocycles. The van der Waals surface area contributed by atoms with Crippen molar-refractivity contribution in [3.8, 4) is 0 Å². The molecule has 0 bridgehead atoms. The summed E-state index contributed by atoms with van der Waals surface area (Å²) in [6, 6.07) is 0.421. The van der Waals surface area contributed by atoms with Crippen LogP contribution in [0.3, 0.4) is 0 Å². The van der Waals surface area contributed by atoms with Gasteiger partial charge in [-0.1, -0.05) is 6.92 Å². The maximum absolute atomic E-state index is 5.67. The van der Waals surface area contributed by atoms with E-state index in [2.05, 4.69) is 21.6 Å². The maximum Gasteiger partial charge on any atom is 0.202 e. The minimum atomic E-state index is 0.421. The van der Waals surface area contributed by atoms with Crippen LogP contribution in [0.25, 0.3) is 0 Å². The Bertz CT molecular complexity index is 251. The highest BCUT2D eigenvalue weighted by molar-refractivity contribution is 7.09. The molecule has 1 unspecified atom stereocenters. The van der Waals surface area contributed by atoms with Crippen LogP contribution in [-0.4, -0.2) is 21.3 Å². The van der Waals surface area contributed by atoms with Crippen LogP contribution in [0.2, 0.25) is 0 Å². The first-order chi connectivity index (χ1) is 6.26. The molecule has 1 heterocycles. The molecule has 0 radical (unpaired) electrons. The number of nitrogens with one attached hydrogen (secondary N) is 1. The lowest BCUT2D eigenvalue weighted by Gasteiger charge is -2.13. The van der Waals surface area contributed by atoms with Gasteiger partial charge in [-0.2, -0.15) is 4.37 Å². The average molecular weight is 220 g/mol. The summed E-state index contributed by atoms with van der Waals surface area (Å²) in [6.45, 7) is 4.03. The van der Waals surface area contributed by atoms with Crippen molar-refractivity contribution in [2.75, 3.05) is 11.2 Å². The Morgan fingerprint density at radius 1 is 1.62 bits per heavy atom. The van der Waals surface area contributed by atoms with Crippen molar-refractivity contribution in [2.45, 2.75) is 32.7 Å². The van der Waals surface area contributed by atoms with Crippen LogP contribution in [0, 0.1) is 6.92 Å². The molecule has 1 atom stereocenters. The van der Waals surface area contributed by atoms with E-state index in [4.69, 9.17) is 11.6 Å². The van der Waals surface area contributed by atoms with E-state index in [0.717, 1.165) is 23.8 Å². The minimum Gasteiger partial charge on any atom is -0.358 e. The second kappa shape index (κ2) is 5.40. The molecule has 0 aliphatic heterocycles. The molecule has 0 fully saturated rings. The van der Waals surface area contributed by atoms with Gasteiger partial charge in [-0.3, -0.25) is 0 Å². The minimum absolute atomic E-state index is 0.421. The number of anilines is 1. The molecule has 3 nitrogen and oxygen atoms in total. The van der Waals surface area contributed by atoms with Gasteiger partial charge in [0.25, 0.3) is 0 Å². The Hall–Kier alpha value is -0.350. The standard InChI is InChI=1S/C8H14ClN3S/c1-3-7(4-5-9)11-8-10-6(2)12-13-8/h7H,3-5H2,1-2H3,(H,10,11,12). The zero-order chi connectivity index (χ0) is 9.68. The summed E-state index contributed by atoms with van der Waals surface area (Å²) >= 11 is 7.08. The summed E-state index contributed by atoms with van der Waals surface area (Å²) in [5, 5.41) is 4.21. The molecule has 0 spiro atoms. The second-order valence-corrected chi connectivity index (χ2v) is 4.00. The number of aromatic nitrogens is 2. The van der Waals surface area contributed by atoms with Gasteiger partial charge in [-0.05, 0) is 19.8 Å². The van der Waals surface area contributed by atoms with Gasteiger partial charge in [0.1, 0.15) is 5.82 Å². The quantitative estimate of drug-likeness (QED) is 0.774. The van der Waals surface area contributed by atoms with E-state index in [-0.39, 0.29) is 0 Å². The molecule has 13 heavy (non-hydrogen) atoms. The van der Waals surface area contributed by atoms with Crippen LogP contribution < -0.4 is 5.32 Å². The highest BCUT2D eigenvalue weighted by Crippen LogP contribution is 2.14. The molecular weight excluding hydrogens is 206 g/mol. The third-order valence-corrected chi connectivity index (χ3v) is 2.76. The topological polar surface area (TPSA) is 37.8 Å². The first-order valence-corrected chi connectivity index (χ1v) is 5.69. The molecule has 74 valence electrons. The first kappa shape index (κ1) is 10.7. The zero-order valence-electron chi connectivity index (χ0n) is 7.88. The third kappa shape index (κ3) is 3.48. The predicted octanol–water partition coefficient (Wildman–Crippen LogP) is 2.67. The molecule has 0 aliphatic carbocycles. The van der Waals surface area contributed by atoms with Crippen molar-refractivity contribution in [1.82, 2.24) is 9.36 Å². The molecule has 0 saturated carbocycles. The number of alkyl halides is 1. The van der Waals surface area contributed by atoms with Gasteiger partial charge in [0, 0.05) is 23.5 Å². The number of aryl methyl sites for hydroxylation is 1. The molecule has 1 N–H and O–H groups in total. The fourth-order valence-electron chi connectivity index (χ4n) is 1.04. The van der Waals surface area contributed by atoms with Crippen LogP contribution in [0.4, 0.5) is 5.13 Å². The van der Waals surface area contributed by atoms with Crippen molar-refractivity contribution in [3.63, 3.8) is 0 Å². The van der Waals surface area contributed by atoms with E-state index in [1.165, 1.54) is 11.5 Å². The third-order valence-electron chi connectivity index (χ3n) is 1.81. The first-order valence-electron chi connectivity index (χ1n) is 4.39. The van der Waals surface area contributed by atoms with E-state index in [1.54, 1.807) is 0 Å². The predicted molar refractivity (Wildman–Crippen MR) is 57.7 cm³/mol. The molecule has 1 aromatic heterocycles. The Labute approximate surface area is 87.7 Å². The summed E-state index contributed by atoms with van der Waals surface area (Å²) < 4.78 is 4.10. The monoisotopic (exact) mass is 219 g/mol. The molecule has 0 aromatic carbocycles. The molecular formula is C8H14ClN3S. The van der Waals surface area contributed by atoms with Crippen molar-refractivity contribution >= 4 is 28.3 Å². The summed E-state index contributed by atoms with van der Waals surface area (Å²) in [5.41, 5.74) is 0. The van der Waals surface area contributed by atoms with Gasteiger partial charge in [0.15, 0.2) is 0 Å². The summed E-state index contributed by atoms with van der Waals surface area (Å²) in [5.74, 6) is 1.51. The van der Waals surface area contributed by atoms with Gasteiger partial charge >= 0.3 is 0 Å². The lowest BCUT2D eigenvalue weighted by molar-refractivity contribution is 0.674. The highest BCUT2D eigenvalue weighted by atomic mass is 35.5. The van der Waals surface area contributed by atoms with Crippen molar-refractivity contribution in [3.05, 3.63) is 5.82 Å². The lowest BCUT2D eigenvalue weighted by atomic mass is 10.2. The van der Waals surface area contributed by atoms with E-state index in [0.29, 0.717) is 11.9 Å². The number of hydrogen-bond donors (Lipinski definition) is 1. The molecule has 0 amide bonds. The SMILES string of the molecule is CCC(CCCl)Nc1nc(C)ns1. The van der Waals surface area contributed by atoms with Crippen LogP contribution >= 0.6 is 23.1 Å². The zero-order valence-corrected chi connectivity index (χ0v) is 9.45. The van der Waals surface area contributed by atoms with Crippen LogP contribution in [-0.2, 0) is 0 Å². The van der Waals surface area contributed by atoms with Gasteiger partial charge in [0.05, 0.1) is 0 Å². The highest BCUT2D eigenvalue weighted by Gasteiger charge is 2.07. The van der Waals surface area contributed by atoms with Gasteiger partial charge < -0.3 is 5.32 Å². The van der Waals surface area contributed by atoms with Crippen LogP contribution in [0.1, 0.15) is 25.6 Å². The summed E-state index contributed by atoms with van der Waals surface area (Å²) in [7, 11) is 0. The maximum atomic E-state index is 5.67. The Morgan fingerprint density at radius 2 is 2.38 bits per heavy atom. The van der Waals surface area contributed by atoms with Crippen LogP contribution in [0.15, 0.2) is 0 Å². The number of nitrogens with zero attached hydrogens (tertiary/aromatic N) is 2. The van der Waals surface area contributed by atoms with E-state index in [9.17, 15) is 0 Å². The molecule has 0 aliphatic rings. The number of hydrogen-bond acceptors (Lipinski definition) is 4. The van der Waals surface area contributed by atoms with Crippen molar-refractivity contribution < 1.29 is 0 Å². The second-order valence-electron chi connectivity index (χ2n) is 2.87. The summed E-state index contributed by atoms with van der Waals surface area (Å²) in [6.07, 6.45) is 2.03. The van der Waals surface area contributed by atoms with Crippen molar-refractivity contribution in [1.29, 1.82) is 0 Å². The van der Waals surface area contributed by atoms with E-state index < -0.39 is 0 Å². The van der Waals surface area contributed by atoms with E-state index >= 15 is 0 Å². The fraction of sp³-hybridized carbons (Fsp3) is 0.750. The number of halogens is 1. The normalized spacial score (nSPS) is 12.8. The number of rotatable bonds is 5. The average Bonchev–Trinajstić information content (AvgIpc) is 2.50. The Balaban J connectivity index is 2.46. The van der Waals surface area contributed by atoms with Gasteiger partial charge in [-0.15, -0.1) is 11.6 Å². The smallest absolute Gasteiger partial charge is 0.202 e. The molecule has 5 heteroatoms. The van der Waals surface area contributed by atoms with Gasteiger partial charge in [0.2, 0.25) is 5.13 Å². The van der Waals surface area contributed by atoms with E-state index in [1.807, 2.05) is 6.92 Å². The Morgan fingerprint density at radius 3 is 2.85 bits per heavy atom.